The Morgan fingerprint density at radius 2 is 1.37 bits per heavy atom. The van der Waals surface area contributed by atoms with E-state index in [0.717, 1.165) is 12.8 Å². The van der Waals surface area contributed by atoms with E-state index in [0.29, 0.717) is 6.61 Å². The molecule has 0 radical (unpaired) electrons. The Morgan fingerprint density at radius 3 is 1.89 bits per heavy atom. The van der Waals surface area contributed by atoms with Crippen LogP contribution in [0, 0.1) is 0 Å². The van der Waals surface area contributed by atoms with Crippen molar-refractivity contribution in [2.45, 2.75) is 71.1 Å². The number of carboxylic acid groups (broad SMARTS) is 1. The standard InChI is InChI=1S/C13H26O6/c1-2-3-4-5-6-7-8-9-10-11-12-16-18-19-17-13(14)15/h2-12H2,1H3,(H,14,15). The molecule has 0 aliphatic rings. The third-order valence-corrected chi connectivity index (χ3v) is 2.76. The van der Waals surface area contributed by atoms with Crippen molar-refractivity contribution >= 4 is 6.16 Å². The maximum absolute atomic E-state index is 9.84. The van der Waals surface area contributed by atoms with Gasteiger partial charge >= 0.3 is 6.16 Å². The lowest BCUT2D eigenvalue weighted by Gasteiger charge is -2.02. The van der Waals surface area contributed by atoms with Gasteiger partial charge < -0.3 is 5.11 Å². The third kappa shape index (κ3) is 17.1. The van der Waals surface area contributed by atoms with Gasteiger partial charge in [0.15, 0.2) is 0 Å². The van der Waals surface area contributed by atoms with Crippen LogP contribution in [0.3, 0.4) is 0 Å². The molecule has 0 saturated carbocycles. The van der Waals surface area contributed by atoms with Gasteiger partial charge in [-0.15, -0.1) is 0 Å². The quantitative estimate of drug-likeness (QED) is 0.288. The van der Waals surface area contributed by atoms with Crippen LogP contribution in [0.2, 0.25) is 0 Å². The molecular weight excluding hydrogens is 252 g/mol. The van der Waals surface area contributed by atoms with Gasteiger partial charge in [-0.05, 0) is 11.5 Å². The van der Waals surface area contributed by atoms with Crippen molar-refractivity contribution < 1.29 is 29.8 Å². The first-order chi connectivity index (χ1) is 9.27. The van der Waals surface area contributed by atoms with Crippen LogP contribution in [0.1, 0.15) is 71.1 Å². The van der Waals surface area contributed by atoms with Crippen LogP contribution in [-0.2, 0) is 19.9 Å². The molecule has 0 unspecified atom stereocenters. The molecule has 0 bridgehead atoms. The summed E-state index contributed by atoms with van der Waals surface area (Å²) in [6, 6.07) is 0. The Bertz CT molecular complexity index is 198. The van der Waals surface area contributed by atoms with E-state index < -0.39 is 6.16 Å². The van der Waals surface area contributed by atoms with Crippen molar-refractivity contribution in [1.29, 1.82) is 0 Å². The SMILES string of the molecule is CCCCCCCCCCCCOOOOC(=O)O. The second kappa shape index (κ2) is 15.2. The highest BCUT2D eigenvalue weighted by Crippen LogP contribution is 2.10. The summed E-state index contributed by atoms with van der Waals surface area (Å²) in [5, 5.41) is 15.8. The molecule has 0 aromatic rings. The fraction of sp³-hybridized carbons (Fsp3) is 0.923. The summed E-state index contributed by atoms with van der Waals surface area (Å²) in [6.07, 6.45) is 10.8. The minimum absolute atomic E-state index is 0.361. The lowest BCUT2D eigenvalue weighted by Crippen LogP contribution is -2.04. The molecule has 0 spiro atoms. The second-order valence-corrected chi connectivity index (χ2v) is 4.49. The highest BCUT2D eigenvalue weighted by atomic mass is 17.7. The smallest absolute Gasteiger partial charge is 0.448 e. The molecule has 6 heteroatoms. The average molecular weight is 278 g/mol. The van der Waals surface area contributed by atoms with Crippen LogP contribution in [0.4, 0.5) is 4.79 Å². The first kappa shape index (κ1) is 18.1. The van der Waals surface area contributed by atoms with Gasteiger partial charge in [0.05, 0.1) is 6.61 Å². The molecular formula is C13H26O6. The summed E-state index contributed by atoms with van der Waals surface area (Å²) in [7, 11) is 0. The molecule has 0 aliphatic carbocycles. The lowest BCUT2D eigenvalue weighted by atomic mass is 10.1. The molecule has 0 rings (SSSR count). The van der Waals surface area contributed by atoms with Crippen LogP contribution in [-0.4, -0.2) is 17.9 Å². The molecule has 19 heavy (non-hydrogen) atoms. The van der Waals surface area contributed by atoms with Gasteiger partial charge in [-0.2, -0.15) is 0 Å². The van der Waals surface area contributed by atoms with Crippen molar-refractivity contribution in [1.82, 2.24) is 0 Å². The lowest BCUT2D eigenvalue weighted by molar-refractivity contribution is -0.618. The van der Waals surface area contributed by atoms with Gasteiger partial charge in [-0.25, -0.2) is 14.6 Å². The summed E-state index contributed by atoms with van der Waals surface area (Å²) < 4.78 is 0. The topological polar surface area (TPSA) is 74.2 Å². The zero-order valence-electron chi connectivity index (χ0n) is 11.8. The highest BCUT2D eigenvalue weighted by Gasteiger charge is 1.98. The number of carbonyl (C=O) groups is 1. The third-order valence-electron chi connectivity index (χ3n) is 2.76. The Kier molecular flexibility index (Phi) is 14.5. The second-order valence-electron chi connectivity index (χ2n) is 4.49. The summed E-state index contributed by atoms with van der Waals surface area (Å²) >= 11 is 0. The normalized spacial score (nSPS) is 10.6. The Labute approximate surface area is 114 Å². The van der Waals surface area contributed by atoms with Gasteiger partial charge in [0, 0.05) is 5.04 Å². The molecule has 1 N–H and O–H groups in total. The van der Waals surface area contributed by atoms with E-state index >= 15 is 0 Å². The first-order valence-electron chi connectivity index (χ1n) is 7.13. The summed E-state index contributed by atoms with van der Waals surface area (Å²) in [6.45, 7) is 2.59. The largest absolute Gasteiger partial charge is 0.540 e. The summed E-state index contributed by atoms with van der Waals surface area (Å²) in [5.41, 5.74) is 0. The van der Waals surface area contributed by atoms with Gasteiger partial charge in [0.1, 0.15) is 0 Å². The monoisotopic (exact) mass is 278 g/mol. The van der Waals surface area contributed by atoms with Crippen LogP contribution in [0.25, 0.3) is 0 Å². The van der Waals surface area contributed by atoms with Gasteiger partial charge in [0.2, 0.25) is 0 Å². The molecule has 0 saturated heterocycles. The van der Waals surface area contributed by atoms with Crippen LogP contribution < -0.4 is 0 Å². The zero-order chi connectivity index (χ0) is 14.2. The predicted octanol–water partition coefficient (Wildman–Crippen LogP) is 4.40. The fourth-order valence-electron chi connectivity index (χ4n) is 1.75. The summed E-state index contributed by atoms with van der Waals surface area (Å²) in [5.74, 6) is 0. The van der Waals surface area contributed by atoms with Crippen molar-refractivity contribution in [2.24, 2.45) is 0 Å². The minimum atomic E-state index is -1.58. The number of rotatable bonds is 14. The molecule has 0 heterocycles. The van der Waals surface area contributed by atoms with Gasteiger partial charge in [-0.1, -0.05) is 64.7 Å². The minimum Gasteiger partial charge on any atom is -0.448 e. The van der Waals surface area contributed by atoms with E-state index in [1.54, 1.807) is 0 Å². The molecule has 114 valence electrons. The van der Waals surface area contributed by atoms with Crippen molar-refractivity contribution in [3.05, 3.63) is 0 Å². The Balaban J connectivity index is 2.93. The first-order valence-corrected chi connectivity index (χ1v) is 7.13. The number of unbranched alkanes of at least 4 members (excludes halogenated alkanes) is 9. The molecule has 6 nitrogen and oxygen atoms in total. The van der Waals surface area contributed by atoms with Crippen LogP contribution >= 0.6 is 0 Å². The predicted molar refractivity (Wildman–Crippen MR) is 69.1 cm³/mol. The molecule has 0 aromatic heterocycles. The molecule has 0 fully saturated rings. The molecule has 0 amide bonds. The van der Waals surface area contributed by atoms with Crippen molar-refractivity contribution in [3.63, 3.8) is 0 Å². The van der Waals surface area contributed by atoms with Crippen molar-refractivity contribution in [3.8, 4) is 0 Å². The van der Waals surface area contributed by atoms with Crippen molar-refractivity contribution in [2.75, 3.05) is 6.61 Å². The van der Waals surface area contributed by atoms with E-state index in [-0.39, 0.29) is 0 Å². The van der Waals surface area contributed by atoms with E-state index in [1.807, 2.05) is 0 Å². The van der Waals surface area contributed by atoms with E-state index in [9.17, 15) is 4.79 Å². The highest BCUT2D eigenvalue weighted by molar-refractivity contribution is 5.55. The Hall–Kier alpha value is -0.850. The number of hydrogen-bond acceptors (Lipinski definition) is 5. The summed E-state index contributed by atoms with van der Waals surface area (Å²) in [4.78, 5) is 18.0. The Morgan fingerprint density at radius 1 is 0.842 bits per heavy atom. The average Bonchev–Trinajstić information content (AvgIpc) is 2.39. The van der Waals surface area contributed by atoms with E-state index in [2.05, 4.69) is 26.8 Å². The molecule has 0 aliphatic heterocycles. The van der Waals surface area contributed by atoms with Crippen LogP contribution in [0.5, 0.6) is 0 Å². The zero-order valence-corrected chi connectivity index (χ0v) is 11.8. The van der Waals surface area contributed by atoms with Gasteiger partial charge in [-0.3, -0.25) is 0 Å². The number of hydrogen-bond donors (Lipinski definition) is 1. The van der Waals surface area contributed by atoms with Gasteiger partial charge in [0.25, 0.3) is 0 Å². The maximum Gasteiger partial charge on any atom is 0.540 e. The van der Waals surface area contributed by atoms with E-state index in [1.165, 1.54) is 51.4 Å². The maximum atomic E-state index is 9.84. The molecule has 0 atom stereocenters. The van der Waals surface area contributed by atoms with E-state index in [4.69, 9.17) is 5.11 Å². The fourth-order valence-corrected chi connectivity index (χ4v) is 1.75. The molecule has 0 aromatic carbocycles. The van der Waals surface area contributed by atoms with Crippen LogP contribution in [0.15, 0.2) is 0 Å².